The van der Waals surface area contributed by atoms with E-state index in [0.29, 0.717) is 17.8 Å². The second kappa shape index (κ2) is 5.77. The van der Waals surface area contributed by atoms with E-state index in [1.54, 1.807) is 16.9 Å². The van der Waals surface area contributed by atoms with Gasteiger partial charge in [-0.15, -0.1) is 0 Å². The van der Waals surface area contributed by atoms with Crippen LogP contribution in [0.3, 0.4) is 0 Å². The van der Waals surface area contributed by atoms with E-state index in [1.165, 1.54) is 0 Å². The first-order chi connectivity index (χ1) is 9.49. The summed E-state index contributed by atoms with van der Waals surface area (Å²) >= 11 is 0. The van der Waals surface area contributed by atoms with Crippen LogP contribution in [-0.2, 0) is 13.5 Å². The number of hydrogen-bond donors (Lipinski definition) is 2. The molecule has 3 N–H and O–H groups in total. The molecule has 0 aliphatic carbocycles. The molecule has 0 bridgehead atoms. The zero-order chi connectivity index (χ0) is 14.7. The van der Waals surface area contributed by atoms with Crippen LogP contribution in [0.2, 0.25) is 0 Å². The highest BCUT2D eigenvalue weighted by Crippen LogP contribution is 2.17. The predicted molar refractivity (Wildman–Crippen MR) is 79.6 cm³/mol. The van der Waals surface area contributed by atoms with Crippen LogP contribution in [0, 0.1) is 13.8 Å². The van der Waals surface area contributed by atoms with E-state index in [-0.39, 0.29) is 5.91 Å². The highest BCUT2D eigenvalue weighted by Gasteiger charge is 2.10. The molecule has 0 aliphatic rings. The standard InChI is InChI=1S/C15H20N4O/c1-10-8-11(2)14(16)9-13(10)15(20)17-6-4-12-5-7-18-19(12)3/h5,7-9H,4,6,16H2,1-3H3,(H,17,20). The Bertz CT molecular complexity index is 631. The van der Waals surface area contributed by atoms with Crippen LogP contribution in [-0.4, -0.2) is 22.2 Å². The smallest absolute Gasteiger partial charge is 0.251 e. The van der Waals surface area contributed by atoms with Crippen molar-refractivity contribution in [2.75, 3.05) is 12.3 Å². The SMILES string of the molecule is Cc1cc(C)c(C(=O)NCCc2ccnn2C)cc1N. The second-order valence-corrected chi connectivity index (χ2v) is 4.98. The van der Waals surface area contributed by atoms with E-state index >= 15 is 0 Å². The molecule has 0 fully saturated rings. The van der Waals surface area contributed by atoms with Crippen molar-refractivity contribution in [2.45, 2.75) is 20.3 Å². The lowest BCUT2D eigenvalue weighted by atomic mass is 10.0. The van der Waals surface area contributed by atoms with E-state index in [0.717, 1.165) is 23.2 Å². The van der Waals surface area contributed by atoms with Gasteiger partial charge in [-0.2, -0.15) is 5.10 Å². The molecule has 0 saturated carbocycles. The van der Waals surface area contributed by atoms with Crippen molar-refractivity contribution in [3.8, 4) is 0 Å². The Morgan fingerprint density at radius 2 is 2.10 bits per heavy atom. The molecule has 1 aromatic heterocycles. The maximum atomic E-state index is 12.2. The lowest BCUT2D eigenvalue weighted by Gasteiger charge is -2.10. The number of rotatable bonds is 4. The number of nitrogen functional groups attached to an aromatic ring is 1. The molecule has 0 atom stereocenters. The highest BCUT2D eigenvalue weighted by atomic mass is 16.1. The number of anilines is 1. The Hall–Kier alpha value is -2.30. The van der Waals surface area contributed by atoms with Crippen LogP contribution < -0.4 is 11.1 Å². The summed E-state index contributed by atoms with van der Waals surface area (Å²) in [4.78, 5) is 12.2. The van der Waals surface area contributed by atoms with Crippen molar-refractivity contribution >= 4 is 11.6 Å². The zero-order valence-corrected chi connectivity index (χ0v) is 12.1. The van der Waals surface area contributed by atoms with E-state index in [9.17, 15) is 4.79 Å². The van der Waals surface area contributed by atoms with Gasteiger partial charge in [0.15, 0.2) is 0 Å². The van der Waals surface area contributed by atoms with Crippen LogP contribution in [0.15, 0.2) is 24.4 Å². The number of benzene rings is 1. The van der Waals surface area contributed by atoms with Crippen molar-refractivity contribution < 1.29 is 4.79 Å². The lowest BCUT2D eigenvalue weighted by Crippen LogP contribution is -2.27. The van der Waals surface area contributed by atoms with Gasteiger partial charge in [0.1, 0.15) is 0 Å². The van der Waals surface area contributed by atoms with Gasteiger partial charge in [-0.3, -0.25) is 9.48 Å². The Kier molecular flexibility index (Phi) is 4.08. The molecule has 1 amide bonds. The molecule has 5 heteroatoms. The molecular formula is C15H20N4O. The maximum absolute atomic E-state index is 12.2. The van der Waals surface area contributed by atoms with Crippen molar-refractivity contribution in [3.05, 3.63) is 46.8 Å². The van der Waals surface area contributed by atoms with Gasteiger partial charge in [0, 0.05) is 43.2 Å². The first-order valence-corrected chi connectivity index (χ1v) is 6.61. The Labute approximate surface area is 118 Å². The first-order valence-electron chi connectivity index (χ1n) is 6.61. The summed E-state index contributed by atoms with van der Waals surface area (Å²) in [6.07, 6.45) is 2.50. The molecule has 0 radical (unpaired) electrons. The van der Waals surface area contributed by atoms with Gasteiger partial charge < -0.3 is 11.1 Å². The van der Waals surface area contributed by atoms with Gasteiger partial charge in [0.2, 0.25) is 0 Å². The molecule has 0 aliphatic heterocycles. The maximum Gasteiger partial charge on any atom is 0.251 e. The third-order valence-corrected chi connectivity index (χ3v) is 3.45. The minimum atomic E-state index is -0.0867. The molecule has 0 spiro atoms. The third-order valence-electron chi connectivity index (χ3n) is 3.45. The summed E-state index contributed by atoms with van der Waals surface area (Å²) in [6, 6.07) is 5.62. The summed E-state index contributed by atoms with van der Waals surface area (Å²) in [5.74, 6) is -0.0867. The summed E-state index contributed by atoms with van der Waals surface area (Å²) in [6.45, 7) is 4.43. The van der Waals surface area contributed by atoms with Gasteiger partial charge in [-0.25, -0.2) is 0 Å². The van der Waals surface area contributed by atoms with Gasteiger partial charge in [-0.1, -0.05) is 6.07 Å². The number of hydrogen-bond acceptors (Lipinski definition) is 3. The largest absolute Gasteiger partial charge is 0.398 e. The van der Waals surface area contributed by atoms with Gasteiger partial charge in [0.25, 0.3) is 5.91 Å². The average Bonchev–Trinajstić information content (AvgIpc) is 2.79. The Morgan fingerprint density at radius 3 is 2.75 bits per heavy atom. The minimum absolute atomic E-state index is 0.0867. The van der Waals surface area contributed by atoms with Crippen molar-refractivity contribution in [1.82, 2.24) is 15.1 Å². The monoisotopic (exact) mass is 272 g/mol. The molecule has 106 valence electrons. The second-order valence-electron chi connectivity index (χ2n) is 4.98. The van der Waals surface area contributed by atoms with Gasteiger partial charge in [0.05, 0.1) is 0 Å². The number of amides is 1. The average molecular weight is 272 g/mol. The van der Waals surface area contributed by atoms with E-state index in [2.05, 4.69) is 10.4 Å². The fourth-order valence-electron chi connectivity index (χ4n) is 2.16. The number of nitrogens with zero attached hydrogens (tertiary/aromatic N) is 2. The topological polar surface area (TPSA) is 72.9 Å². The third kappa shape index (κ3) is 2.99. The number of nitrogens with two attached hydrogens (primary N) is 1. The van der Waals surface area contributed by atoms with Crippen molar-refractivity contribution in [1.29, 1.82) is 0 Å². The van der Waals surface area contributed by atoms with E-state index in [1.807, 2.05) is 33.0 Å². The summed E-state index contributed by atoms with van der Waals surface area (Å²) < 4.78 is 1.81. The number of aryl methyl sites for hydroxylation is 3. The number of carbonyl (C=O) groups excluding carboxylic acids is 1. The predicted octanol–water partition coefficient (Wildman–Crippen LogP) is 1.59. The van der Waals surface area contributed by atoms with Crippen LogP contribution in [0.25, 0.3) is 0 Å². The molecule has 1 heterocycles. The molecular weight excluding hydrogens is 252 g/mol. The summed E-state index contributed by atoms with van der Waals surface area (Å²) in [5, 5.41) is 7.01. The number of carbonyl (C=O) groups is 1. The van der Waals surface area contributed by atoms with Crippen LogP contribution in [0.5, 0.6) is 0 Å². The molecule has 0 saturated heterocycles. The molecule has 0 unspecified atom stereocenters. The van der Waals surface area contributed by atoms with Crippen LogP contribution >= 0.6 is 0 Å². The molecule has 2 rings (SSSR count). The summed E-state index contributed by atoms with van der Waals surface area (Å²) in [7, 11) is 1.89. The molecule has 20 heavy (non-hydrogen) atoms. The molecule has 1 aromatic carbocycles. The van der Waals surface area contributed by atoms with E-state index in [4.69, 9.17) is 5.73 Å². The number of aromatic nitrogens is 2. The van der Waals surface area contributed by atoms with Crippen molar-refractivity contribution in [2.24, 2.45) is 7.05 Å². The number of nitrogens with one attached hydrogen (secondary N) is 1. The quantitative estimate of drug-likeness (QED) is 0.830. The zero-order valence-electron chi connectivity index (χ0n) is 12.1. The van der Waals surface area contributed by atoms with Crippen molar-refractivity contribution in [3.63, 3.8) is 0 Å². The Balaban J connectivity index is 1.99. The lowest BCUT2D eigenvalue weighted by molar-refractivity contribution is 0.0953. The highest BCUT2D eigenvalue weighted by molar-refractivity contribution is 5.96. The fourth-order valence-corrected chi connectivity index (χ4v) is 2.16. The fraction of sp³-hybridized carbons (Fsp3) is 0.333. The summed E-state index contributed by atoms with van der Waals surface area (Å²) in [5.41, 5.74) is 10.2. The Morgan fingerprint density at radius 1 is 1.35 bits per heavy atom. The molecule has 5 nitrogen and oxygen atoms in total. The van der Waals surface area contributed by atoms with Gasteiger partial charge in [-0.05, 0) is 37.1 Å². The van der Waals surface area contributed by atoms with Crippen LogP contribution in [0.1, 0.15) is 27.2 Å². The van der Waals surface area contributed by atoms with E-state index < -0.39 is 0 Å². The first kappa shape index (κ1) is 14.1. The minimum Gasteiger partial charge on any atom is -0.398 e. The normalized spacial score (nSPS) is 10.6. The van der Waals surface area contributed by atoms with Gasteiger partial charge >= 0.3 is 0 Å². The molecule has 2 aromatic rings. The van der Waals surface area contributed by atoms with Crippen LogP contribution in [0.4, 0.5) is 5.69 Å².